The molecule has 1 atom stereocenters. The second-order valence-corrected chi connectivity index (χ2v) is 4.83. The largest absolute Gasteiger partial charge is 0.487 e. The number of benzene rings is 1. The van der Waals surface area contributed by atoms with Crippen molar-refractivity contribution in [2.24, 2.45) is 0 Å². The van der Waals surface area contributed by atoms with E-state index >= 15 is 0 Å². The topological polar surface area (TPSA) is 67.4 Å². The molecule has 0 aliphatic carbocycles. The molecular weight excluding hydrogens is 282 g/mol. The Morgan fingerprint density at radius 3 is 2.90 bits per heavy atom. The highest BCUT2D eigenvalue weighted by Crippen LogP contribution is 2.23. The molecule has 114 valence electrons. The lowest BCUT2D eigenvalue weighted by Crippen LogP contribution is -2.37. The van der Waals surface area contributed by atoms with Crippen LogP contribution in [-0.2, 0) is 9.59 Å². The highest BCUT2D eigenvalue weighted by Gasteiger charge is 2.27. The molecule has 1 fully saturated rings. The number of hydrogen-bond acceptors (Lipinski definition) is 3. The molecule has 1 aliphatic rings. The zero-order valence-electron chi connectivity index (χ0n) is 11.5. The molecule has 1 heterocycles. The van der Waals surface area contributed by atoms with Crippen LogP contribution in [0.15, 0.2) is 18.2 Å². The van der Waals surface area contributed by atoms with Crippen molar-refractivity contribution in [1.29, 1.82) is 0 Å². The molecule has 21 heavy (non-hydrogen) atoms. The van der Waals surface area contributed by atoms with E-state index in [1.807, 2.05) is 0 Å². The summed E-state index contributed by atoms with van der Waals surface area (Å²) in [6.45, 7) is 1.03. The third-order valence-electron chi connectivity index (χ3n) is 3.13. The van der Waals surface area contributed by atoms with Gasteiger partial charge in [0.1, 0.15) is 18.4 Å². The van der Waals surface area contributed by atoms with Gasteiger partial charge in [0.2, 0.25) is 11.8 Å². The maximum Gasteiger partial charge on any atom is 0.272 e. The molecule has 0 aromatic heterocycles. The van der Waals surface area contributed by atoms with Gasteiger partial charge in [-0.3, -0.25) is 9.59 Å². The van der Waals surface area contributed by atoms with Gasteiger partial charge in [-0.05, 0) is 25.0 Å². The molecule has 5 nitrogen and oxygen atoms in total. The van der Waals surface area contributed by atoms with Crippen molar-refractivity contribution in [3.63, 3.8) is 0 Å². The molecule has 0 unspecified atom stereocenters. The van der Waals surface area contributed by atoms with Gasteiger partial charge >= 0.3 is 0 Å². The van der Waals surface area contributed by atoms with Crippen molar-refractivity contribution in [2.45, 2.75) is 32.2 Å². The summed E-state index contributed by atoms with van der Waals surface area (Å²) in [5.74, 6) is -0.187. The molecule has 0 saturated carbocycles. The molecule has 1 aliphatic heterocycles. The van der Waals surface area contributed by atoms with Gasteiger partial charge in [-0.15, -0.1) is 0 Å². The minimum atomic E-state index is -2.56. The van der Waals surface area contributed by atoms with Crippen LogP contribution in [0, 0.1) is 6.92 Å². The molecule has 1 aromatic carbocycles. The smallest absolute Gasteiger partial charge is 0.272 e. The van der Waals surface area contributed by atoms with Crippen LogP contribution in [0.25, 0.3) is 0 Å². The van der Waals surface area contributed by atoms with Crippen LogP contribution in [0.4, 0.5) is 14.5 Å². The van der Waals surface area contributed by atoms with Crippen molar-refractivity contribution in [2.75, 3.05) is 11.9 Å². The SMILES string of the molecule is Cc1ccc(NC(=O)[C@H]2CCC(=O)N2)cc1OCC(F)F. The predicted molar refractivity (Wildman–Crippen MR) is 72.5 cm³/mol. The van der Waals surface area contributed by atoms with Crippen molar-refractivity contribution in [1.82, 2.24) is 5.32 Å². The molecule has 2 N–H and O–H groups in total. The summed E-state index contributed by atoms with van der Waals surface area (Å²) in [7, 11) is 0. The first-order valence-electron chi connectivity index (χ1n) is 6.57. The van der Waals surface area contributed by atoms with Gasteiger partial charge in [-0.2, -0.15) is 0 Å². The van der Waals surface area contributed by atoms with E-state index in [9.17, 15) is 18.4 Å². The Hall–Kier alpha value is -2.18. The Morgan fingerprint density at radius 2 is 2.29 bits per heavy atom. The van der Waals surface area contributed by atoms with E-state index in [0.29, 0.717) is 29.8 Å². The monoisotopic (exact) mass is 298 g/mol. The molecule has 7 heteroatoms. The summed E-state index contributed by atoms with van der Waals surface area (Å²) in [4.78, 5) is 23.0. The standard InChI is InChI=1S/C14H16F2N2O3/c1-8-2-3-9(6-11(8)21-7-12(15)16)17-14(20)10-4-5-13(19)18-10/h2-3,6,10,12H,4-5,7H2,1H3,(H,17,20)(H,18,19)/t10-/m1/s1. The molecule has 2 rings (SSSR count). The Balaban J connectivity index is 2.01. The molecule has 0 spiro atoms. The normalized spacial score (nSPS) is 17.7. The predicted octanol–water partition coefficient (Wildman–Crippen LogP) is 1.86. The summed E-state index contributed by atoms with van der Waals surface area (Å²) in [6.07, 6.45) is -1.78. The number of hydrogen-bond donors (Lipinski definition) is 2. The quantitative estimate of drug-likeness (QED) is 0.872. The van der Waals surface area contributed by atoms with E-state index in [4.69, 9.17) is 4.74 Å². The minimum Gasteiger partial charge on any atom is -0.487 e. The fraction of sp³-hybridized carbons (Fsp3) is 0.429. The number of alkyl halides is 2. The van der Waals surface area contributed by atoms with Crippen LogP contribution in [0.3, 0.4) is 0 Å². The van der Waals surface area contributed by atoms with Crippen LogP contribution in [-0.4, -0.2) is 30.9 Å². The lowest BCUT2D eigenvalue weighted by molar-refractivity contribution is -0.122. The van der Waals surface area contributed by atoms with E-state index in [0.717, 1.165) is 0 Å². The Morgan fingerprint density at radius 1 is 1.52 bits per heavy atom. The number of carbonyl (C=O) groups is 2. The lowest BCUT2D eigenvalue weighted by atomic mass is 10.2. The van der Waals surface area contributed by atoms with Gasteiger partial charge in [-0.1, -0.05) is 6.07 Å². The Kier molecular flexibility index (Phi) is 4.72. The number of anilines is 1. The zero-order valence-corrected chi connectivity index (χ0v) is 11.5. The molecule has 0 radical (unpaired) electrons. The van der Waals surface area contributed by atoms with Crippen LogP contribution >= 0.6 is 0 Å². The number of nitrogens with one attached hydrogen (secondary N) is 2. The van der Waals surface area contributed by atoms with Gasteiger partial charge in [0, 0.05) is 18.2 Å². The van der Waals surface area contributed by atoms with E-state index < -0.39 is 19.1 Å². The van der Waals surface area contributed by atoms with E-state index in [1.54, 1.807) is 19.1 Å². The van der Waals surface area contributed by atoms with E-state index in [2.05, 4.69) is 10.6 Å². The summed E-state index contributed by atoms with van der Waals surface area (Å²) in [5, 5.41) is 5.20. The van der Waals surface area contributed by atoms with Crippen molar-refractivity contribution in [3.8, 4) is 5.75 Å². The number of rotatable bonds is 5. The number of aryl methyl sites for hydroxylation is 1. The van der Waals surface area contributed by atoms with E-state index in [-0.39, 0.29) is 11.8 Å². The first-order valence-corrected chi connectivity index (χ1v) is 6.57. The fourth-order valence-electron chi connectivity index (χ4n) is 2.03. The second kappa shape index (κ2) is 6.51. The zero-order chi connectivity index (χ0) is 15.4. The third kappa shape index (κ3) is 4.14. The first-order chi connectivity index (χ1) is 9.95. The van der Waals surface area contributed by atoms with Gasteiger partial charge in [0.05, 0.1) is 0 Å². The molecule has 1 aromatic rings. The van der Waals surface area contributed by atoms with Crippen molar-refractivity contribution < 1.29 is 23.1 Å². The maximum atomic E-state index is 12.2. The molecule has 2 amide bonds. The Labute approximate surface area is 120 Å². The summed E-state index contributed by atoms with van der Waals surface area (Å²) in [5.41, 5.74) is 1.14. The number of halogens is 2. The van der Waals surface area contributed by atoms with Crippen LogP contribution < -0.4 is 15.4 Å². The van der Waals surface area contributed by atoms with Crippen molar-refractivity contribution >= 4 is 17.5 Å². The second-order valence-electron chi connectivity index (χ2n) is 4.83. The summed E-state index contributed by atoms with van der Waals surface area (Å²) >= 11 is 0. The van der Waals surface area contributed by atoms with Crippen LogP contribution in [0.2, 0.25) is 0 Å². The summed E-state index contributed by atoms with van der Waals surface area (Å²) in [6, 6.07) is 4.26. The van der Waals surface area contributed by atoms with E-state index in [1.165, 1.54) is 6.07 Å². The fourth-order valence-corrected chi connectivity index (χ4v) is 2.03. The third-order valence-corrected chi connectivity index (χ3v) is 3.13. The molecule has 0 bridgehead atoms. The highest BCUT2D eigenvalue weighted by molar-refractivity contribution is 5.99. The number of amides is 2. The molecule has 1 saturated heterocycles. The lowest BCUT2D eigenvalue weighted by Gasteiger charge is -2.13. The molecular formula is C14H16F2N2O3. The van der Waals surface area contributed by atoms with Gasteiger partial charge < -0.3 is 15.4 Å². The minimum absolute atomic E-state index is 0.153. The summed E-state index contributed by atoms with van der Waals surface area (Å²) < 4.78 is 29.3. The van der Waals surface area contributed by atoms with Gasteiger partial charge in [0.25, 0.3) is 6.43 Å². The number of carbonyl (C=O) groups excluding carboxylic acids is 2. The number of ether oxygens (including phenoxy) is 1. The van der Waals surface area contributed by atoms with Gasteiger partial charge in [0.15, 0.2) is 0 Å². The average molecular weight is 298 g/mol. The average Bonchev–Trinajstić information content (AvgIpc) is 2.86. The van der Waals surface area contributed by atoms with Crippen molar-refractivity contribution in [3.05, 3.63) is 23.8 Å². The van der Waals surface area contributed by atoms with Gasteiger partial charge in [-0.25, -0.2) is 8.78 Å². The first kappa shape index (κ1) is 15.2. The van der Waals surface area contributed by atoms with Crippen LogP contribution in [0.1, 0.15) is 18.4 Å². The van der Waals surface area contributed by atoms with Crippen LogP contribution in [0.5, 0.6) is 5.75 Å². The Bertz CT molecular complexity index is 549. The highest BCUT2D eigenvalue weighted by atomic mass is 19.3. The maximum absolute atomic E-state index is 12.2.